The van der Waals surface area contributed by atoms with Gasteiger partial charge in [0.05, 0.1) is 4.70 Å². The zero-order valence-electron chi connectivity index (χ0n) is 15.6. The Bertz CT molecular complexity index is 1470. The van der Waals surface area contributed by atoms with Crippen LogP contribution < -0.4 is 9.68 Å². The molecule has 0 unspecified atom stereocenters. The van der Waals surface area contributed by atoms with E-state index in [1.165, 1.54) is 0 Å². The van der Waals surface area contributed by atoms with Crippen molar-refractivity contribution < 1.29 is 18.4 Å². The van der Waals surface area contributed by atoms with E-state index in [0.29, 0.717) is 32.0 Å². The normalized spacial score (nSPS) is 11.3. The number of carbonyl (C=O) groups excluding carboxylic acids is 1. The highest BCUT2D eigenvalue weighted by Crippen LogP contribution is 2.35. The summed E-state index contributed by atoms with van der Waals surface area (Å²) in [5.41, 5.74) is 3.18. The van der Waals surface area contributed by atoms with Gasteiger partial charge in [-0.3, -0.25) is 0 Å². The number of carbonyl (C=O) groups is 1. The molecule has 0 aliphatic heterocycles. The average molecular weight is 437 g/mol. The highest BCUT2D eigenvalue weighted by atomic mass is 35.5. The van der Waals surface area contributed by atoms with E-state index in [4.69, 9.17) is 25.2 Å². The summed E-state index contributed by atoms with van der Waals surface area (Å²) in [5.74, 6) is -0.181. The van der Waals surface area contributed by atoms with Gasteiger partial charge in [0.2, 0.25) is 5.76 Å². The number of fused-ring (bicyclic) bond motifs is 2. The number of esters is 1. The van der Waals surface area contributed by atoms with Crippen LogP contribution >= 0.6 is 22.9 Å². The van der Waals surface area contributed by atoms with Crippen LogP contribution in [0, 0.1) is 6.92 Å². The van der Waals surface area contributed by atoms with Crippen LogP contribution in [0.25, 0.3) is 32.4 Å². The molecule has 0 spiro atoms. The second kappa shape index (κ2) is 7.16. The van der Waals surface area contributed by atoms with Gasteiger partial charge in [-0.1, -0.05) is 53.3 Å². The van der Waals surface area contributed by atoms with Crippen LogP contribution in [0.5, 0.6) is 5.75 Å². The summed E-state index contributed by atoms with van der Waals surface area (Å²) in [6.45, 7) is 1.81. The number of hydrogen-bond donors (Lipinski definition) is 0. The standard InChI is InChI=1S/C23H13ClO5S/c1-12-16-4-2-3-5-18(16)28-20(12)22(25)27-15-10-17(13-6-8-14(24)9-7-13)21-19(11-15)30-23(26)29-21/h2-11H,1H3. The SMILES string of the molecule is Cc1c(C(=O)Oc2cc(-c3ccc(Cl)cc3)c3oc(=O)sc3c2)oc2ccccc12. The van der Waals surface area contributed by atoms with Crippen molar-refractivity contribution in [2.24, 2.45) is 0 Å². The van der Waals surface area contributed by atoms with Crippen molar-refractivity contribution in [1.82, 2.24) is 0 Å². The molecule has 148 valence electrons. The summed E-state index contributed by atoms with van der Waals surface area (Å²) in [6, 6.07) is 17.8. The van der Waals surface area contributed by atoms with Gasteiger partial charge in [-0.05, 0) is 36.8 Å². The molecule has 2 heterocycles. The first-order valence-electron chi connectivity index (χ1n) is 9.03. The fraction of sp³-hybridized carbons (Fsp3) is 0.0435. The highest BCUT2D eigenvalue weighted by Gasteiger charge is 2.21. The molecule has 0 amide bonds. The van der Waals surface area contributed by atoms with E-state index in [1.54, 1.807) is 30.3 Å². The molecule has 0 atom stereocenters. The lowest BCUT2D eigenvalue weighted by atomic mass is 10.0. The van der Waals surface area contributed by atoms with E-state index >= 15 is 0 Å². The second-order valence-corrected chi connectivity index (χ2v) is 8.11. The summed E-state index contributed by atoms with van der Waals surface area (Å²) in [5, 5.41) is 1.44. The number of ether oxygens (including phenoxy) is 1. The lowest BCUT2D eigenvalue weighted by Gasteiger charge is -2.07. The molecular formula is C23H13ClO5S. The molecule has 0 saturated carbocycles. The van der Waals surface area contributed by atoms with Crippen molar-refractivity contribution in [3.63, 3.8) is 0 Å². The Morgan fingerprint density at radius 3 is 2.57 bits per heavy atom. The molecule has 0 aliphatic rings. The van der Waals surface area contributed by atoms with E-state index in [0.717, 1.165) is 22.3 Å². The smallest absolute Gasteiger partial charge is 0.396 e. The minimum atomic E-state index is -0.610. The molecule has 7 heteroatoms. The first-order chi connectivity index (χ1) is 14.5. The maximum absolute atomic E-state index is 12.8. The van der Waals surface area contributed by atoms with Crippen LogP contribution in [0.4, 0.5) is 0 Å². The van der Waals surface area contributed by atoms with E-state index < -0.39 is 10.9 Å². The molecule has 30 heavy (non-hydrogen) atoms. The Morgan fingerprint density at radius 2 is 1.80 bits per heavy atom. The Hall–Kier alpha value is -3.35. The number of rotatable bonds is 3. The Labute approximate surface area is 179 Å². The van der Waals surface area contributed by atoms with Crippen molar-refractivity contribution in [2.75, 3.05) is 0 Å². The number of benzene rings is 3. The third-order valence-corrected chi connectivity index (χ3v) is 5.83. The first-order valence-corrected chi connectivity index (χ1v) is 10.2. The Morgan fingerprint density at radius 1 is 1.03 bits per heavy atom. The number of hydrogen-bond acceptors (Lipinski definition) is 6. The molecule has 5 aromatic rings. The average Bonchev–Trinajstić information content (AvgIpc) is 3.27. The van der Waals surface area contributed by atoms with E-state index in [-0.39, 0.29) is 11.5 Å². The quantitative estimate of drug-likeness (QED) is 0.240. The third-order valence-electron chi connectivity index (χ3n) is 4.80. The number of furan rings is 1. The predicted molar refractivity (Wildman–Crippen MR) is 117 cm³/mol. The topological polar surface area (TPSA) is 69.7 Å². The van der Waals surface area contributed by atoms with Crippen LogP contribution in [0.15, 0.2) is 74.3 Å². The van der Waals surface area contributed by atoms with Gasteiger partial charge in [0.1, 0.15) is 11.3 Å². The molecule has 0 fully saturated rings. The summed E-state index contributed by atoms with van der Waals surface area (Å²) in [7, 11) is 0. The van der Waals surface area contributed by atoms with Crippen LogP contribution in [0.1, 0.15) is 16.1 Å². The van der Waals surface area contributed by atoms with Gasteiger partial charge in [-0.2, -0.15) is 0 Å². The van der Waals surface area contributed by atoms with Crippen molar-refractivity contribution in [3.05, 3.63) is 86.7 Å². The molecule has 0 aliphatic carbocycles. The largest absolute Gasteiger partial charge is 0.449 e. The zero-order valence-corrected chi connectivity index (χ0v) is 17.2. The number of halogens is 1. The molecule has 0 saturated heterocycles. The lowest BCUT2D eigenvalue weighted by Crippen LogP contribution is -2.08. The minimum Gasteiger partial charge on any atom is -0.449 e. The summed E-state index contributed by atoms with van der Waals surface area (Å²) in [6.07, 6.45) is 0. The maximum Gasteiger partial charge on any atom is 0.396 e. The highest BCUT2D eigenvalue weighted by molar-refractivity contribution is 7.16. The van der Waals surface area contributed by atoms with Crippen LogP contribution in [-0.2, 0) is 0 Å². The summed E-state index contributed by atoms with van der Waals surface area (Å²) in [4.78, 5) is 24.2. The van der Waals surface area contributed by atoms with E-state index in [1.807, 2.05) is 37.3 Å². The Balaban J connectivity index is 1.58. The van der Waals surface area contributed by atoms with Gasteiger partial charge >= 0.3 is 10.9 Å². The molecule has 2 aromatic heterocycles. The number of aryl methyl sites for hydroxylation is 1. The maximum atomic E-state index is 12.8. The molecule has 5 nitrogen and oxygen atoms in total. The van der Waals surface area contributed by atoms with Crippen molar-refractivity contribution >= 4 is 50.2 Å². The van der Waals surface area contributed by atoms with Gasteiger partial charge in [0.25, 0.3) is 0 Å². The van der Waals surface area contributed by atoms with Gasteiger partial charge < -0.3 is 13.6 Å². The molecule has 3 aromatic carbocycles. The van der Waals surface area contributed by atoms with Gasteiger partial charge in [-0.25, -0.2) is 9.59 Å². The van der Waals surface area contributed by atoms with Gasteiger partial charge in [0, 0.05) is 27.6 Å². The molecule has 0 bridgehead atoms. The van der Waals surface area contributed by atoms with Crippen molar-refractivity contribution in [2.45, 2.75) is 6.92 Å². The molecule has 5 rings (SSSR count). The minimum absolute atomic E-state index is 0.143. The molecular weight excluding hydrogens is 424 g/mol. The van der Waals surface area contributed by atoms with Gasteiger partial charge in [0.15, 0.2) is 5.58 Å². The van der Waals surface area contributed by atoms with Crippen LogP contribution in [0.3, 0.4) is 0 Å². The fourth-order valence-corrected chi connectivity index (χ4v) is 4.23. The van der Waals surface area contributed by atoms with E-state index in [9.17, 15) is 9.59 Å². The van der Waals surface area contributed by atoms with Crippen molar-refractivity contribution in [1.29, 1.82) is 0 Å². The Kier molecular flexibility index (Phi) is 4.46. The predicted octanol–water partition coefficient (Wildman–Crippen LogP) is 6.45. The third kappa shape index (κ3) is 3.20. The van der Waals surface area contributed by atoms with Gasteiger partial charge in [-0.15, -0.1) is 0 Å². The molecule has 0 radical (unpaired) electrons. The molecule has 0 N–H and O–H groups in total. The second-order valence-electron chi connectivity index (χ2n) is 6.70. The number of para-hydroxylation sites is 1. The fourth-order valence-electron chi connectivity index (χ4n) is 3.38. The van der Waals surface area contributed by atoms with Crippen LogP contribution in [0.2, 0.25) is 5.02 Å². The first kappa shape index (κ1) is 18.7. The van der Waals surface area contributed by atoms with Crippen LogP contribution in [-0.4, -0.2) is 5.97 Å². The summed E-state index contributed by atoms with van der Waals surface area (Å²) < 4.78 is 17.3. The van der Waals surface area contributed by atoms with E-state index in [2.05, 4.69) is 0 Å². The zero-order chi connectivity index (χ0) is 20.8. The van der Waals surface area contributed by atoms with Crippen molar-refractivity contribution in [3.8, 4) is 16.9 Å². The monoisotopic (exact) mass is 436 g/mol. The lowest BCUT2D eigenvalue weighted by molar-refractivity contribution is 0.0703. The summed E-state index contributed by atoms with van der Waals surface area (Å²) >= 11 is 6.93.